The predicted molar refractivity (Wildman–Crippen MR) is 144 cm³/mol. The Labute approximate surface area is 218 Å². The van der Waals surface area contributed by atoms with Crippen molar-refractivity contribution in [3.8, 4) is 0 Å². The number of aliphatic hydroxyl groups is 1. The summed E-state index contributed by atoms with van der Waals surface area (Å²) < 4.78 is 24.2. The number of aliphatic hydroxyl groups excluding tert-OH is 1. The van der Waals surface area contributed by atoms with Crippen LogP contribution in [0.4, 0.5) is 0 Å². The third-order valence-electron chi connectivity index (χ3n) is 7.09. The second-order valence-electron chi connectivity index (χ2n) is 10.3. The van der Waals surface area contributed by atoms with Gasteiger partial charge in [0.2, 0.25) is 0 Å². The highest BCUT2D eigenvalue weighted by Crippen LogP contribution is 2.35. The molecule has 3 N–H and O–H groups in total. The molecule has 1 aromatic heterocycles. The third kappa shape index (κ3) is 6.47. The summed E-state index contributed by atoms with van der Waals surface area (Å²) >= 11 is 0. The van der Waals surface area contributed by atoms with Crippen LogP contribution in [0.5, 0.6) is 0 Å². The molecular weight excluding hydrogens is 504 g/mol. The lowest BCUT2D eigenvalue weighted by Crippen LogP contribution is -2.53. The molecule has 2 saturated heterocycles. The molecule has 4 atom stereocenters. The van der Waals surface area contributed by atoms with Crippen molar-refractivity contribution < 1.29 is 18.3 Å². The molecule has 0 unspecified atom stereocenters. The summed E-state index contributed by atoms with van der Waals surface area (Å²) in [4.78, 5) is 28.7. The molecule has 1 aromatic carbocycles. The van der Waals surface area contributed by atoms with Crippen LogP contribution in [0, 0.1) is 0 Å². The van der Waals surface area contributed by atoms with Crippen LogP contribution >= 0.6 is 12.4 Å². The minimum absolute atomic E-state index is 0. The van der Waals surface area contributed by atoms with E-state index in [4.69, 9.17) is 0 Å². The van der Waals surface area contributed by atoms with Gasteiger partial charge in [-0.15, -0.1) is 12.4 Å². The smallest absolute Gasteiger partial charge is 0.264 e. The molecular formula is C25H37ClN4O5S. The lowest BCUT2D eigenvalue weighted by Gasteiger charge is -2.40. The van der Waals surface area contributed by atoms with E-state index >= 15 is 0 Å². The quantitative estimate of drug-likeness (QED) is 0.442. The van der Waals surface area contributed by atoms with Gasteiger partial charge in [-0.2, -0.15) is 0 Å². The highest BCUT2D eigenvalue weighted by Gasteiger charge is 2.41. The zero-order valence-corrected chi connectivity index (χ0v) is 22.6. The lowest BCUT2D eigenvalue weighted by atomic mass is 9.96. The molecule has 0 spiro atoms. The number of hydrogen-bond acceptors (Lipinski definition) is 7. The number of nitrogens with zero attached hydrogens (tertiary/aromatic N) is 2. The highest BCUT2D eigenvalue weighted by atomic mass is 35.5. The number of hydrogen-bond donors (Lipinski definition) is 3. The summed E-state index contributed by atoms with van der Waals surface area (Å²) in [6, 6.07) is 9.68. The topological polar surface area (TPSA) is 121 Å². The van der Waals surface area contributed by atoms with Crippen molar-refractivity contribution in [1.29, 1.82) is 0 Å². The van der Waals surface area contributed by atoms with Gasteiger partial charge in [0, 0.05) is 43.5 Å². The number of amides is 1. The number of halogens is 1. The fraction of sp³-hybridized carbons (Fsp3) is 0.600. The first-order valence-electron chi connectivity index (χ1n) is 12.3. The molecule has 200 valence electrons. The molecule has 9 nitrogen and oxygen atoms in total. The lowest BCUT2D eigenvalue weighted by molar-refractivity contribution is 0.0509. The molecule has 2 aliphatic rings. The molecule has 2 bridgehead atoms. The number of rotatable bonds is 9. The zero-order valence-electron chi connectivity index (χ0n) is 21.0. The number of piperidine rings is 1. The van der Waals surface area contributed by atoms with E-state index in [0.29, 0.717) is 6.54 Å². The van der Waals surface area contributed by atoms with Gasteiger partial charge in [-0.1, -0.05) is 18.2 Å². The first-order valence-corrected chi connectivity index (χ1v) is 14.4. The largest absolute Gasteiger partial charge is 0.390 e. The van der Waals surface area contributed by atoms with Crippen LogP contribution < -0.4 is 16.2 Å². The monoisotopic (exact) mass is 540 g/mol. The Hall–Kier alpha value is -1.98. The van der Waals surface area contributed by atoms with Gasteiger partial charge in [0.1, 0.15) is 5.56 Å². The van der Waals surface area contributed by atoms with Crippen LogP contribution in [-0.2, 0) is 9.84 Å². The molecule has 36 heavy (non-hydrogen) atoms. The van der Waals surface area contributed by atoms with Crippen molar-refractivity contribution in [3.05, 3.63) is 46.2 Å². The van der Waals surface area contributed by atoms with Crippen molar-refractivity contribution in [3.63, 3.8) is 0 Å². The summed E-state index contributed by atoms with van der Waals surface area (Å²) in [7, 11) is -3.13. The van der Waals surface area contributed by atoms with E-state index < -0.39 is 15.9 Å². The zero-order chi connectivity index (χ0) is 25.3. The average molecular weight is 541 g/mol. The summed E-state index contributed by atoms with van der Waals surface area (Å²) in [5.74, 6) is -0.490. The van der Waals surface area contributed by atoms with E-state index in [0.717, 1.165) is 42.8 Å². The van der Waals surface area contributed by atoms with Gasteiger partial charge in [-0.05, 0) is 57.0 Å². The van der Waals surface area contributed by atoms with Crippen LogP contribution in [0.1, 0.15) is 55.9 Å². The molecule has 3 heterocycles. The minimum atomic E-state index is -3.13. The molecule has 4 rings (SSSR count). The molecule has 11 heteroatoms. The normalized spacial score (nSPS) is 23.0. The van der Waals surface area contributed by atoms with E-state index in [2.05, 4.69) is 15.5 Å². The molecule has 0 saturated carbocycles. The van der Waals surface area contributed by atoms with Crippen molar-refractivity contribution in [2.24, 2.45) is 0 Å². The second kappa shape index (κ2) is 11.6. The summed E-state index contributed by atoms with van der Waals surface area (Å²) in [6.07, 6.45) is 4.00. The predicted octanol–water partition coefficient (Wildman–Crippen LogP) is 1.68. The highest BCUT2D eigenvalue weighted by molar-refractivity contribution is 7.90. The van der Waals surface area contributed by atoms with Gasteiger partial charge in [0.05, 0.1) is 17.5 Å². The maximum atomic E-state index is 13.2. The Bertz CT molecular complexity index is 1230. The molecule has 2 fully saturated rings. The van der Waals surface area contributed by atoms with Crippen molar-refractivity contribution in [2.75, 3.05) is 25.2 Å². The summed E-state index contributed by atoms with van der Waals surface area (Å²) in [6.45, 7) is 4.56. The van der Waals surface area contributed by atoms with Crippen LogP contribution in [0.15, 0.2) is 35.1 Å². The number of para-hydroxylation sites is 1. The van der Waals surface area contributed by atoms with Gasteiger partial charge < -0.3 is 20.3 Å². The number of carbonyl (C=O) groups is 1. The van der Waals surface area contributed by atoms with Gasteiger partial charge >= 0.3 is 0 Å². The van der Waals surface area contributed by atoms with Gasteiger partial charge in [-0.25, -0.2) is 8.42 Å². The third-order valence-corrected chi connectivity index (χ3v) is 7.82. The van der Waals surface area contributed by atoms with Crippen molar-refractivity contribution in [2.45, 2.75) is 69.8 Å². The summed E-state index contributed by atoms with van der Waals surface area (Å²) in [5, 5.41) is 17.2. The number of carbonyl (C=O) groups excluding carboxylic acids is 1. The fourth-order valence-corrected chi connectivity index (χ4v) is 6.12. The van der Waals surface area contributed by atoms with E-state index in [9.17, 15) is 23.1 Å². The van der Waals surface area contributed by atoms with E-state index in [1.807, 2.05) is 38.1 Å². The SMILES string of the molecule is CC(C)n1c(=O)c(C(=O)N[C@@H]2C[C@H]3CC[C@@H](C2)N3C[C@H](O)CNCS(C)(=O)=O)cc2ccccc21.Cl. The Balaban J connectivity index is 0.00000361. The number of fused-ring (bicyclic) bond motifs is 3. The standard InChI is InChI=1S/C25H36N4O5S.ClH/c1-16(2)29-23-7-5-4-6-17(23)10-22(25(29)32)24(31)27-18-11-19-8-9-20(12-18)28(19)14-21(30)13-26-15-35(3,33)34;/h4-7,10,16,18-21,26,30H,8-9,11-15H2,1-3H3,(H,27,31);1H/t18-,19-,20+,21-;/m1./s1. The first kappa shape index (κ1) is 28.6. The van der Waals surface area contributed by atoms with E-state index in [1.54, 1.807) is 10.6 Å². The fourth-order valence-electron chi connectivity index (χ4n) is 5.63. The molecule has 0 radical (unpaired) electrons. The van der Waals surface area contributed by atoms with Gasteiger partial charge in [0.15, 0.2) is 9.84 Å². The number of aromatic nitrogens is 1. The van der Waals surface area contributed by atoms with Crippen molar-refractivity contribution >= 4 is 39.1 Å². The van der Waals surface area contributed by atoms with Crippen LogP contribution in [0.3, 0.4) is 0 Å². The minimum Gasteiger partial charge on any atom is -0.390 e. The van der Waals surface area contributed by atoms with E-state index in [-0.39, 0.29) is 66.0 Å². The number of benzene rings is 1. The maximum Gasteiger partial charge on any atom is 0.264 e. The molecule has 2 aliphatic heterocycles. The number of pyridine rings is 1. The number of nitrogens with one attached hydrogen (secondary N) is 2. The maximum absolute atomic E-state index is 13.2. The second-order valence-corrected chi connectivity index (χ2v) is 12.4. The van der Waals surface area contributed by atoms with Crippen LogP contribution in [0.2, 0.25) is 0 Å². The Morgan fingerprint density at radius 1 is 1.17 bits per heavy atom. The molecule has 0 aliphatic carbocycles. The summed E-state index contributed by atoms with van der Waals surface area (Å²) in [5.41, 5.74) is 0.709. The van der Waals surface area contributed by atoms with Crippen molar-refractivity contribution in [1.82, 2.24) is 20.1 Å². The Kier molecular flexibility index (Phi) is 9.21. The Morgan fingerprint density at radius 2 is 1.81 bits per heavy atom. The number of sulfone groups is 1. The molecule has 1 amide bonds. The molecule has 2 aromatic rings. The van der Waals surface area contributed by atoms with Gasteiger partial charge in [0.25, 0.3) is 11.5 Å². The average Bonchev–Trinajstić information content (AvgIpc) is 2.99. The van der Waals surface area contributed by atoms with Crippen LogP contribution in [0.25, 0.3) is 10.9 Å². The van der Waals surface area contributed by atoms with Crippen LogP contribution in [-0.4, -0.2) is 78.4 Å². The Morgan fingerprint density at radius 3 is 2.42 bits per heavy atom. The first-order chi connectivity index (χ1) is 16.5. The van der Waals surface area contributed by atoms with Gasteiger partial charge in [-0.3, -0.25) is 14.5 Å². The van der Waals surface area contributed by atoms with E-state index in [1.165, 1.54) is 0 Å².